The molecule has 0 aliphatic carbocycles. The fourth-order valence-corrected chi connectivity index (χ4v) is 5.07. The molecule has 6 nitrogen and oxygen atoms in total. The summed E-state index contributed by atoms with van der Waals surface area (Å²) in [5.41, 5.74) is 1.14. The summed E-state index contributed by atoms with van der Waals surface area (Å²) in [6.45, 7) is 1.73. The van der Waals surface area contributed by atoms with Crippen molar-refractivity contribution in [1.82, 2.24) is 8.28 Å². The average molecular weight is 378 g/mol. The van der Waals surface area contributed by atoms with Gasteiger partial charge in [-0.25, -0.2) is 3.97 Å². The van der Waals surface area contributed by atoms with Gasteiger partial charge in [0.05, 0.1) is 12.0 Å². The van der Waals surface area contributed by atoms with E-state index in [1.165, 1.54) is 29.4 Å². The average Bonchev–Trinajstić information content (AvgIpc) is 3.10. The number of hydrogen-bond acceptors (Lipinski definition) is 5. The molecule has 0 aliphatic heterocycles. The molecule has 0 unspecified atom stereocenters. The number of benzene rings is 1. The summed E-state index contributed by atoms with van der Waals surface area (Å²) >= 11 is 1.18. The van der Waals surface area contributed by atoms with Crippen molar-refractivity contribution in [3.63, 3.8) is 0 Å². The van der Waals surface area contributed by atoms with Crippen LogP contribution in [0.3, 0.4) is 0 Å². The van der Waals surface area contributed by atoms with Crippen LogP contribution in [0.5, 0.6) is 5.75 Å². The molecule has 2 heterocycles. The van der Waals surface area contributed by atoms with Gasteiger partial charge in [0, 0.05) is 30.7 Å². The van der Waals surface area contributed by atoms with Crippen LogP contribution >= 0.6 is 11.3 Å². The number of fused-ring (bicyclic) bond motifs is 1. The van der Waals surface area contributed by atoms with Gasteiger partial charge in [0.15, 0.2) is 0 Å². The van der Waals surface area contributed by atoms with Gasteiger partial charge in [-0.3, -0.25) is 4.79 Å². The summed E-state index contributed by atoms with van der Waals surface area (Å²) in [6.07, 6.45) is 0. The number of thiophene rings is 1. The van der Waals surface area contributed by atoms with Crippen LogP contribution in [-0.2, 0) is 10.2 Å². The van der Waals surface area contributed by atoms with Crippen LogP contribution in [0.15, 0.2) is 36.4 Å². The second kappa shape index (κ2) is 6.29. The lowest BCUT2D eigenvalue weighted by Gasteiger charge is -2.14. The molecule has 0 atom stereocenters. The molecule has 0 radical (unpaired) electrons. The standard InChI is InChI=1S/C17H18N2O4S2/c1-11-9-13-10-15(16(20)12-5-7-14(23-4)8-6-12)24-17(13)19(11)25(21,22)18(2)3/h5-10H,1-4H3. The number of ketones is 1. The summed E-state index contributed by atoms with van der Waals surface area (Å²) in [5.74, 6) is 0.530. The van der Waals surface area contributed by atoms with Crippen LogP contribution in [0.1, 0.15) is 20.9 Å². The molecule has 0 fully saturated rings. The number of carbonyl (C=O) groups excluding carboxylic acids is 1. The first-order valence-electron chi connectivity index (χ1n) is 7.49. The van der Waals surface area contributed by atoms with Crippen molar-refractivity contribution in [3.8, 4) is 5.75 Å². The summed E-state index contributed by atoms with van der Waals surface area (Å²) in [5, 5.41) is 0.741. The summed E-state index contributed by atoms with van der Waals surface area (Å²) in [6, 6.07) is 10.4. The highest BCUT2D eigenvalue weighted by molar-refractivity contribution is 7.87. The van der Waals surface area contributed by atoms with Gasteiger partial charge in [0.2, 0.25) is 5.78 Å². The van der Waals surface area contributed by atoms with E-state index >= 15 is 0 Å². The van der Waals surface area contributed by atoms with Gasteiger partial charge in [-0.2, -0.15) is 12.7 Å². The maximum absolute atomic E-state index is 12.7. The molecule has 0 saturated carbocycles. The van der Waals surface area contributed by atoms with Gasteiger partial charge in [-0.1, -0.05) is 0 Å². The van der Waals surface area contributed by atoms with E-state index in [2.05, 4.69) is 0 Å². The maximum Gasteiger partial charge on any atom is 0.308 e. The van der Waals surface area contributed by atoms with Crippen LogP contribution in [-0.4, -0.2) is 43.7 Å². The maximum atomic E-state index is 12.7. The Kier molecular flexibility index (Phi) is 4.44. The molecule has 0 aliphatic rings. The third-order valence-electron chi connectivity index (χ3n) is 3.88. The van der Waals surface area contributed by atoms with Crippen molar-refractivity contribution >= 4 is 37.5 Å². The molecule has 0 saturated heterocycles. The Hall–Kier alpha value is -2.16. The molecule has 2 aromatic heterocycles. The normalized spacial score (nSPS) is 12.0. The Bertz CT molecular complexity index is 1040. The Morgan fingerprint density at radius 3 is 2.36 bits per heavy atom. The van der Waals surface area contributed by atoms with E-state index in [0.29, 0.717) is 26.7 Å². The fourth-order valence-electron chi connectivity index (χ4n) is 2.55. The minimum atomic E-state index is -3.64. The number of rotatable bonds is 5. The number of methoxy groups -OCH3 is 1. The number of nitrogens with zero attached hydrogens (tertiary/aromatic N) is 2. The topological polar surface area (TPSA) is 68.6 Å². The van der Waals surface area contributed by atoms with Crippen molar-refractivity contribution in [1.29, 1.82) is 0 Å². The number of aryl methyl sites for hydroxylation is 1. The van der Waals surface area contributed by atoms with E-state index in [4.69, 9.17) is 4.74 Å². The van der Waals surface area contributed by atoms with E-state index in [0.717, 1.165) is 9.69 Å². The van der Waals surface area contributed by atoms with Crippen molar-refractivity contribution in [2.45, 2.75) is 6.92 Å². The monoisotopic (exact) mass is 378 g/mol. The molecule has 0 bridgehead atoms. The second-order valence-corrected chi connectivity index (χ2v) is 8.79. The lowest BCUT2D eigenvalue weighted by Crippen LogP contribution is -2.29. The fraction of sp³-hybridized carbons (Fsp3) is 0.235. The molecule has 3 rings (SSSR count). The molecule has 0 spiro atoms. The van der Waals surface area contributed by atoms with Crippen molar-refractivity contribution < 1.29 is 17.9 Å². The summed E-state index contributed by atoms with van der Waals surface area (Å²) < 4.78 is 32.6. The Morgan fingerprint density at radius 1 is 1.16 bits per heavy atom. The predicted octanol–water partition coefficient (Wildman–Crippen LogP) is 2.91. The molecular formula is C17H18N2O4S2. The quantitative estimate of drug-likeness (QED) is 0.640. The molecule has 132 valence electrons. The van der Waals surface area contributed by atoms with E-state index in [1.807, 2.05) is 0 Å². The minimum absolute atomic E-state index is 0.143. The molecule has 8 heteroatoms. The van der Waals surface area contributed by atoms with Crippen molar-refractivity contribution in [3.05, 3.63) is 52.5 Å². The highest BCUT2D eigenvalue weighted by Gasteiger charge is 2.24. The molecule has 1 aromatic carbocycles. The summed E-state index contributed by atoms with van der Waals surface area (Å²) in [4.78, 5) is 13.7. The molecule has 25 heavy (non-hydrogen) atoms. The lowest BCUT2D eigenvalue weighted by molar-refractivity contribution is 0.104. The first kappa shape index (κ1) is 17.7. The van der Waals surface area contributed by atoms with Gasteiger partial charge in [-0.15, -0.1) is 11.3 Å². The Balaban J connectivity index is 2.07. The molecular weight excluding hydrogens is 360 g/mol. The third kappa shape index (κ3) is 2.97. The Morgan fingerprint density at radius 2 is 1.80 bits per heavy atom. The number of ether oxygens (including phenoxy) is 1. The summed E-state index contributed by atoms with van der Waals surface area (Å²) in [7, 11) is 0.888. The lowest BCUT2D eigenvalue weighted by atomic mass is 10.1. The minimum Gasteiger partial charge on any atom is -0.497 e. The predicted molar refractivity (Wildman–Crippen MR) is 99.0 cm³/mol. The number of aromatic nitrogens is 1. The SMILES string of the molecule is COc1ccc(C(=O)c2cc3cc(C)n(S(=O)(=O)N(C)C)c3s2)cc1. The zero-order valence-electron chi connectivity index (χ0n) is 14.3. The molecule has 0 N–H and O–H groups in total. The van der Waals surface area contributed by atoms with E-state index < -0.39 is 10.2 Å². The largest absolute Gasteiger partial charge is 0.497 e. The molecule has 0 amide bonds. The highest BCUT2D eigenvalue weighted by atomic mass is 32.2. The third-order valence-corrected chi connectivity index (χ3v) is 6.98. The second-order valence-electron chi connectivity index (χ2n) is 5.77. The smallest absolute Gasteiger partial charge is 0.308 e. The zero-order chi connectivity index (χ0) is 18.4. The zero-order valence-corrected chi connectivity index (χ0v) is 15.9. The Labute approximate surface area is 150 Å². The van der Waals surface area contributed by atoms with Crippen LogP contribution in [0.2, 0.25) is 0 Å². The van der Waals surface area contributed by atoms with Gasteiger partial charge < -0.3 is 4.74 Å². The van der Waals surface area contributed by atoms with Gasteiger partial charge in [-0.05, 0) is 43.3 Å². The van der Waals surface area contributed by atoms with Crippen LogP contribution in [0.25, 0.3) is 10.2 Å². The van der Waals surface area contributed by atoms with E-state index in [1.54, 1.807) is 50.4 Å². The first-order valence-corrected chi connectivity index (χ1v) is 9.70. The van der Waals surface area contributed by atoms with Gasteiger partial charge in [0.1, 0.15) is 10.6 Å². The van der Waals surface area contributed by atoms with Crippen molar-refractivity contribution in [2.75, 3.05) is 21.2 Å². The van der Waals surface area contributed by atoms with Crippen LogP contribution < -0.4 is 4.74 Å². The van der Waals surface area contributed by atoms with Crippen LogP contribution in [0, 0.1) is 6.92 Å². The van der Waals surface area contributed by atoms with Gasteiger partial charge >= 0.3 is 10.2 Å². The first-order chi connectivity index (χ1) is 11.8. The van der Waals surface area contributed by atoms with E-state index in [-0.39, 0.29) is 5.78 Å². The highest BCUT2D eigenvalue weighted by Crippen LogP contribution is 2.32. The van der Waals surface area contributed by atoms with Crippen molar-refractivity contribution in [2.24, 2.45) is 0 Å². The van der Waals surface area contributed by atoms with Gasteiger partial charge in [0.25, 0.3) is 0 Å². The number of hydrogen-bond donors (Lipinski definition) is 0. The van der Waals surface area contributed by atoms with E-state index in [9.17, 15) is 13.2 Å². The van der Waals surface area contributed by atoms with Crippen LogP contribution in [0.4, 0.5) is 0 Å². The molecule has 3 aromatic rings. The number of carbonyl (C=O) groups is 1.